The van der Waals surface area contributed by atoms with Crippen molar-refractivity contribution in [3.8, 4) is 16.9 Å². The number of hydrogen-bond acceptors (Lipinski definition) is 4. The molecule has 2 aliphatic carbocycles. The van der Waals surface area contributed by atoms with Gasteiger partial charge in [0, 0.05) is 5.41 Å². The lowest BCUT2D eigenvalue weighted by atomic mass is 9.85. The van der Waals surface area contributed by atoms with E-state index in [1.54, 1.807) is 0 Å². The number of carboxylic acid groups (broad SMARTS) is 1. The Morgan fingerprint density at radius 1 is 0.900 bits per heavy atom. The van der Waals surface area contributed by atoms with Crippen LogP contribution in [0.5, 0.6) is 5.75 Å². The number of carbonyl (C=O) groups is 1. The van der Waals surface area contributed by atoms with Gasteiger partial charge in [-0.2, -0.15) is 0 Å². The Hall–Kier alpha value is -3.12. The smallest absolute Gasteiger partial charge is 0.307 e. The van der Waals surface area contributed by atoms with E-state index in [9.17, 15) is 18.3 Å². The predicted molar refractivity (Wildman–Crippen MR) is 158 cm³/mol. The molecular weight excluding hydrogens is 520 g/mol. The molecule has 3 aromatic rings. The minimum absolute atomic E-state index is 0.0985. The number of aliphatic carboxylic acids is 1. The molecule has 0 amide bonds. The summed E-state index contributed by atoms with van der Waals surface area (Å²) in [5.41, 5.74) is 8.97. The van der Waals surface area contributed by atoms with E-state index in [1.165, 1.54) is 33.4 Å². The quantitative estimate of drug-likeness (QED) is 0.346. The van der Waals surface area contributed by atoms with E-state index in [0.717, 1.165) is 49.8 Å². The number of ether oxygens (including phenoxy) is 1. The Kier molecular flexibility index (Phi) is 7.24. The van der Waals surface area contributed by atoms with Gasteiger partial charge in [-0.25, -0.2) is 8.42 Å². The Balaban J connectivity index is 1.12. The maximum Gasteiger partial charge on any atom is 0.307 e. The van der Waals surface area contributed by atoms with Crippen molar-refractivity contribution in [2.45, 2.75) is 64.2 Å². The molecule has 0 aromatic heterocycles. The fourth-order valence-corrected chi connectivity index (χ4v) is 8.15. The van der Waals surface area contributed by atoms with Gasteiger partial charge in [0.25, 0.3) is 0 Å². The van der Waals surface area contributed by atoms with Crippen LogP contribution in [0.4, 0.5) is 0 Å². The first-order chi connectivity index (χ1) is 19.2. The highest BCUT2D eigenvalue weighted by atomic mass is 32.2. The Morgan fingerprint density at radius 3 is 2.33 bits per heavy atom. The van der Waals surface area contributed by atoms with E-state index < -0.39 is 15.8 Å². The van der Waals surface area contributed by atoms with Crippen LogP contribution >= 0.6 is 0 Å². The molecule has 1 saturated heterocycles. The summed E-state index contributed by atoms with van der Waals surface area (Å²) >= 11 is 0. The summed E-state index contributed by atoms with van der Waals surface area (Å²) in [5.74, 6) is 0.673. The lowest BCUT2D eigenvalue weighted by Crippen LogP contribution is -2.35. The van der Waals surface area contributed by atoms with Crippen molar-refractivity contribution in [3.05, 3.63) is 88.5 Å². The molecule has 1 N–H and O–H groups in total. The summed E-state index contributed by atoms with van der Waals surface area (Å²) in [4.78, 5) is 11.2. The van der Waals surface area contributed by atoms with Crippen LogP contribution in [0.3, 0.4) is 0 Å². The van der Waals surface area contributed by atoms with Crippen LogP contribution in [0.25, 0.3) is 11.1 Å². The molecule has 6 rings (SSSR count). The zero-order chi connectivity index (χ0) is 27.9. The molecule has 2 atom stereocenters. The summed E-state index contributed by atoms with van der Waals surface area (Å²) in [7, 11) is -2.89. The van der Waals surface area contributed by atoms with Gasteiger partial charge in [-0.1, -0.05) is 55.5 Å². The first kappa shape index (κ1) is 27.1. The minimum atomic E-state index is -2.89. The third kappa shape index (κ3) is 5.97. The van der Waals surface area contributed by atoms with Gasteiger partial charge in [-0.05, 0) is 108 Å². The van der Waals surface area contributed by atoms with Crippen molar-refractivity contribution in [3.63, 3.8) is 0 Å². The average Bonchev–Trinajstić information content (AvgIpc) is 3.77. The molecule has 1 unspecified atom stereocenters. The Labute approximate surface area is 237 Å². The first-order valence-corrected chi connectivity index (χ1v) is 16.4. The molecule has 210 valence electrons. The molecule has 0 spiro atoms. The highest BCUT2D eigenvalue weighted by Gasteiger charge is 2.44. The van der Waals surface area contributed by atoms with E-state index in [1.807, 2.05) is 0 Å². The maximum atomic E-state index is 11.9. The molecule has 1 aliphatic heterocycles. The van der Waals surface area contributed by atoms with Crippen molar-refractivity contribution >= 4 is 15.8 Å². The molecule has 2 fully saturated rings. The lowest BCUT2D eigenvalue weighted by Gasteiger charge is -2.33. The molecule has 3 aromatic carbocycles. The summed E-state index contributed by atoms with van der Waals surface area (Å²) in [5, 5.41) is 9.20. The van der Waals surface area contributed by atoms with E-state index in [0.29, 0.717) is 19.4 Å². The molecule has 5 nitrogen and oxygen atoms in total. The van der Waals surface area contributed by atoms with E-state index in [4.69, 9.17) is 4.74 Å². The second-order valence-electron chi connectivity index (χ2n) is 12.4. The molecule has 1 heterocycles. The van der Waals surface area contributed by atoms with Gasteiger partial charge in [-0.3, -0.25) is 4.79 Å². The van der Waals surface area contributed by atoms with Gasteiger partial charge in [0.15, 0.2) is 0 Å². The van der Waals surface area contributed by atoms with Gasteiger partial charge in [0.05, 0.1) is 24.0 Å². The Morgan fingerprint density at radius 2 is 1.60 bits per heavy atom. The largest absolute Gasteiger partial charge is 0.493 e. The van der Waals surface area contributed by atoms with E-state index >= 15 is 0 Å². The normalized spacial score (nSPS) is 22.4. The zero-order valence-corrected chi connectivity index (χ0v) is 24.0. The third-order valence-electron chi connectivity index (χ3n) is 9.27. The van der Waals surface area contributed by atoms with Crippen LogP contribution in [-0.2, 0) is 40.3 Å². The second kappa shape index (κ2) is 10.7. The molecular formula is C34H38O5S. The SMILES string of the molecule is CC1(COc2ccc3c(c2)CCCc2ccc(CCc4ccc(C5C[C@@H]5C(=O)O)cc4)cc2-3)CCS(=O)(=O)CC1. The standard InChI is InChI=1S/C34H38O5S/c1-34(15-17-40(37,38)18-16-34)22-39-28-13-14-29-27(20-28)4-2-3-25-12-9-24(19-30(25)29)6-5-23-7-10-26(11-8-23)31-21-32(31)33(35)36/h7-14,19-20,31-32H,2-6,15-18,21-22H2,1H3,(H,35,36)/t31?,32-/m0/s1. The van der Waals surface area contributed by atoms with Crippen LogP contribution in [0, 0.1) is 11.3 Å². The number of benzene rings is 3. The van der Waals surface area contributed by atoms with Crippen LogP contribution < -0.4 is 4.74 Å². The summed E-state index contributed by atoms with van der Waals surface area (Å²) in [6.07, 6.45) is 7.16. The second-order valence-corrected chi connectivity index (χ2v) is 14.7. The van der Waals surface area contributed by atoms with Crippen molar-refractivity contribution in [1.82, 2.24) is 0 Å². The monoisotopic (exact) mass is 558 g/mol. The average molecular weight is 559 g/mol. The fourth-order valence-electron chi connectivity index (χ4n) is 6.34. The van der Waals surface area contributed by atoms with Gasteiger partial charge in [0.1, 0.15) is 15.6 Å². The molecule has 40 heavy (non-hydrogen) atoms. The highest BCUT2D eigenvalue weighted by molar-refractivity contribution is 7.91. The van der Waals surface area contributed by atoms with E-state index in [-0.39, 0.29) is 28.8 Å². The van der Waals surface area contributed by atoms with Crippen molar-refractivity contribution in [2.24, 2.45) is 11.3 Å². The molecule has 0 bridgehead atoms. The van der Waals surface area contributed by atoms with Gasteiger partial charge in [0.2, 0.25) is 0 Å². The van der Waals surface area contributed by atoms with Gasteiger partial charge >= 0.3 is 5.97 Å². The van der Waals surface area contributed by atoms with Gasteiger partial charge in [-0.15, -0.1) is 0 Å². The predicted octanol–water partition coefficient (Wildman–Crippen LogP) is 6.41. The lowest BCUT2D eigenvalue weighted by molar-refractivity contribution is -0.138. The van der Waals surface area contributed by atoms with Gasteiger partial charge < -0.3 is 9.84 Å². The molecule has 0 radical (unpaired) electrons. The number of hydrogen-bond donors (Lipinski definition) is 1. The minimum Gasteiger partial charge on any atom is -0.493 e. The number of aryl methyl sites for hydroxylation is 4. The van der Waals surface area contributed by atoms with Crippen molar-refractivity contribution in [2.75, 3.05) is 18.1 Å². The number of sulfone groups is 1. The molecule has 6 heteroatoms. The van der Waals surface area contributed by atoms with Crippen LogP contribution in [0.2, 0.25) is 0 Å². The number of rotatable bonds is 8. The third-order valence-corrected chi connectivity index (χ3v) is 10.9. The molecule has 1 saturated carbocycles. The molecule has 3 aliphatic rings. The summed E-state index contributed by atoms with van der Waals surface area (Å²) in [6.45, 7) is 2.68. The summed E-state index contributed by atoms with van der Waals surface area (Å²) in [6, 6.07) is 21.9. The topological polar surface area (TPSA) is 80.7 Å². The van der Waals surface area contributed by atoms with Crippen LogP contribution in [-0.4, -0.2) is 37.6 Å². The van der Waals surface area contributed by atoms with Crippen LogP contribution in [0.1, 0.15) is 66.3 Å². The Bertz CT molecular complexity index is 1510. The number of carboxylic acids is 1. The van der Waals surface area contributed by atoms with Crippen molar-refractivity contribution in [1.29, 1.82) is 0 Å². The summed E-state index contributed by atoms with van der Waals surface area (Å²) < 4.78 is 29.9. The highest BCUT2D eigenvalue weighted by Crippen LogP contribution is 2.47. The zero-order valence-electron chi connectivity index (χ0n) is 23.2. The fraction of sp³-hybridized carbons (Fsp3) is 0.441. The van der Waals surface area contributed by atoms with E-state index in [2.05, 4.69) is 67.6 Å². The first-order valence-electron chi connectivity index (χ1n) is 14.6. The van der Waals surface area contributed by atoms with Crippen LogP contribution in [0.15, 0.2) is 60.7 Å². The van der Waals surface area contributed by atoms with Crippen molar-refractivity contribution < 1.29 is 23.1 Å². The number of fused-ring (bicyclic) bond motifs is 3. The maximum absolute atomic E-state index is 11.9.